The van der Waals surface area contributed by atoms with Crippen molar-refractivity contribution in [2.24, 2.45) is 7.05 Å². The molecule has 0 atom stereocenters. The van der Waals surface area contributed by atoms with E-state index in [2.05, 4.69) is 11.9 Å². The molecule has 0 saturated heterocycles. The molecule has 2 heterocycles. The highest BCUT2D eigenvalue weighted by molar-refractivity contribution is 6.11. The van der Waals surface area contributed by atoms with E-state index in [0.717, 1.165) is 0 Å². The summed E-state index contributed by atoms with van der Waals surface area (Å²) in [4.78, 5) is 39.5. The molecule has 7 nitrogen and oxygen atoms in total. The summed E-state index contributed by atoms with van der Waals surface area (Å²) in [6, 6.07) is 16.3. The maximum absolute atomic E-state index is 12.9. The molecule has 0 radical (unpaired) electrons. The molecule has 1 N–H and O–H groups in total. The van der Waals surface area contributed by atoms with Crippen molar-refractivity contribution >= 4 is 23.2 Å². The van der Waals surface area contributed by atoms with Gasteiger partial charge in [0.25, 0.3) is 11.5 Å². The summed E-state index contributed by atoms with van der Waals surface area (Å²) in [6.07, 6.45) is 0. The third-order valence-corrected chi connectivity index (χ3v) is 5.16. The van der Waals surface area contributed by atoms with Gasteiger partial charge in [0.1, 0.15) is 12.2 Å². The molecule has 2 aromatic carbocycles. The molecule has 1 aliphatic heterocycles. The Hall–Kier alpha value is -3.87. The van der Waals surface area contributed by atoms with Crippen LogP contribution >= 0.6 is 0 Å². The number of para-hydroxylation sites is 1. The Morgan fingerprint density at radius 2 is 1.62 bits per heavy atom. The van der Waals surface area contributed by atoms with Gasteiger partial charge in [-0.15, -0.1) is 0 Å². The lowest BCUT2D eigenvalue weighted by molar-refractivity contribution is -0.116. The number of carbonyl (C=O) groups is 2. The molecule has 7 heteroatoms. The highest BCUT2D eigenvalue weighted by Gasteiger charge is 2.32. The van der Waals surface area contributed by atoms with E-state index in [-0.39, 0.29) is 23.7 Å². The third-order valence-electron chi connectivity index (χ3n) is 5.16. The standard InChI is InChI=1S/C22H20N4O3/c1-14-17-11-7-8-12-18(17)21(28)25(14)13-19(27)23-20-15(2)24(3)26(22(20)29)16-9-5-4-6-10-16/h4-12H,1,13H2,2-3H3,(H,23,27). The van der Waals surface area contributed by atoms with Crippen LogP contribution in [-0.2, 0) is 11.8 Å². The summed E-state index contributed by atoms with van der Waals surface area (Å²) in [5, 5.41) is 2.68. The van der Waals surface area contributed by atoms with Crippen molar-refractivity contribution in [1.82, 2.24) is 14.3 Å². The Balaban J connectivity index is 1.58. The van der Waals surface area contributed by atoms with Crippen molar-refractivity contribution in [2.45, 2.75) is 6.92 Å². The lowest BCUT2D eigenvalue weighted by Gasteiger charge is -2.16. The van der Waals surface area contributed by atoms with Crippen LogP contribution < -0.4 is 10.9 Å². The van der Waals surface area contributed by atoms with Crippen LogP contribution in [0.2, 0.25) is 0 Å². The molecular formula is C22H20N4O3. The second kappa shape index (κ2) is 6.94. The van der Waals surface area contributed by atoms with E-state index in [1.165, 1.54) is 9.58 Å². The van der Waals surface area contributed by atoms with E-state index < -0.39 is 5.91 Å². The van der Waals surface area contributed by atoms with Crippen LogP contribution in [0.3, 0.4) is 0 Å². The third kappa shape index (κ3) is 2.97. The number of hydrogen-bond donors (Lipinski definition) is 1. The van der Waals surface area contributed by atoms with Crippen molar-refractivity contribution in [1.29, 1.82) is 0 Å². The number of aromatic nitrogens is 2. The van der Waals surface area contributed by atoms with E-state index in [0.29, 0.717) is 28.2 Å². The summed E-state index contributed by atoms with van der Waals surface area (Å²) in [7, 11) is 1.75. The number of amides is 2. The van der Waals surface area contributed by atoms with E-state index in [4.69, 9.17) is 0 Å². The topological polar surface area (TPSA) is 76.3 Å². The van der Waals surface area contributed by atoms with Crippen molar-refractivity contribution in [2.75, 3.05) is 11.9 Å². The fourth-order valence-electron chi connectivity index (χ4n) is 3.54. The van der Waals surface area contributed by atoms with Gasteiger partial charge in [-0.25, -0.2) is 4.68 Å². The number of benzene rings is 2. The zero-order valence-electron chi connectivity index (χ0n) is 16.2. The molecule has 2 amide bonds. The van der Waals surface area contributed by atoms with Gasteiger partial charge in [0.15, 0.2) is 0 Å². The van der Waals surface area contributed by atoms with Gasteiger partial charge >= 0.3 is 0 Å². The number of fused-ring (bicyclic) bond motifs is 1. The predicted molar refractivity (Wildman–Crippen MR) is 111 cm³/mol. The van der Waals surface area contributed by atoms with Gasteiger partial charge in [0.05, 0.1) is 11.4 Å². The Kier molecular flexibility index (Phi) is 4.43. The van der Waals surface area contributed by atoms with Crippen LogP contribution in [0.15, 0.2) is 66.0 Å². The lowest BCUT2D eigenvalue weighted by atomic mass is 10.1. The molecule has 1 aliphatic rings. The molecule has 0 saturated carbocycles. The number of hydrogen-bond acceptors (Lipinski definition) is 3. The first-order chi connectivity index (χ1) is 13.9. The lowest BCUT2D eigenvalue weighted by Crippen LogP contribution is -2.34. The van der Waals surface area contributed by atoms with Gasteiger partial charge in [-0.3, -0.25) is 24.0 Å². The maximum Gasteiger partial charge on any atom is 0.295 e. The van der Waals surface area contributed by atoms with Crippen LogP contribution in [0.4, 0.5) is 5.69 Å². The number of carbonyl (C=O) groups excluding carboxylic acids is 2. The molecule has 0 spiro atoms. The summed E-state index contributed by atoms with van der Waals surface area (Å²) >= 11 is 0. The Morgan fingerprint density at radius 3 is 2.28 bits per heavy atom. The number of nitrogens with zero attached hydrogens (tertiary/aromatic N) is 3. The minimum absolute atomic E-state index is 0.191. The summed E-state index contributed by atoms with van der Waals surface area (Å²) < 4.78 is 3.17. The molecule has 4 rings (SSSR count). The molecule has 0 fully saturated rings. The molecule has 29 heavy (non-hydrogen) atoms. The monoisotopic (exact) mass is 388 g/mol. The van der Waals surface area contributed by atoms with Crippen LogP contribution in [0.5, 0.6) is 0 Å². The van der Waals surface area contributed by atoms with E-state index in [9.17, 15) is 14.4 Å². The predicted octanol–water partition coefficient (Wildman–Crippen LogP) is 2.55. The van der Waals surface area contributed by atoms with Crippen molar-refractivity contribution in [3.8, 4) is 5.69 Å². The maximum atomic E-state index is 12.9. The SMILES string of the molecule is C=C1c2ccccc2C(=O)N1CC(=O)Nc1c(C)n(C)n(-c2ccccc2)c1=O. The average Bonchev–Trinajstić information content (AvgIpc) is 3.09. The van der Waals surface area contributed by atoms with Gasteiger partial charge < -0.3 is 5.32 Å². The Labute approximate surface area is 167 Å². The number of nitrogens with one attached hydrogen (secondary N) is 1. The number of anilines is 1. The van der Waals surface area contributed by atoms with Crippen LogP contribution in [-0.4, -0.2) is 32.6 Å². The first-order valence-electron chi connectivity index (χ1n) is 9.14. The highest BCUT2D eigenvalue weighted by Crippen LogP contribution is 2.30. The second-order valence-electron chi connectivity index (χ2n) is 6.87. The smallest absolute Gasteiger partial charge is 0.295 e. The van der Waals surface area contributed by atoms with Gasteiger partial charge in [0.2, 0.25) is 5.91 Å². The molecular weight excluding hydrogens is 368 g/mol. The minimum atomic E-state index is -0.460. The van der Waals surface area contributed by atoms with Gasteiger partial charge in [-0.2, -0.15) is 0 Å². The van der Waals surface area contributed by atoms with Crippen LogP contribution in [0.25, 0.3) is 11.4 Å². The molecule has 1 aromatic heterocycles. The van der Waals surface area contributed by atoms with Crippen LogP contribution in [0, 0.1) is 6.92 Å². The fraction of sp³-hybridized carbons (Fsp3) is 0.136. The van der Waals surface area contributed by atoms with E-state index >= 15 is 0 Å². The van der Waals surface area contributed by atoms with Crippen molar-refractivity contribution < 1.29 is 9.59 Å². The second-order valence-corrected chi connectivity index (χ2v) is 6.87. The molecule has 0 unspecified atom stereocenters. The van der Waals surface area contributed by atoms with Crippen molar-refractivity contribution in [3.05, 3.63) is 88.4 Å². The van der Waals surface area contributed by atoms with Gasteiger partial charge in [0, 0.05) is 23.9 Å². The summed E-state index contributed by atoms with van der Waals surface area (Å²) in [6.45, 7) is 5.47. The summed E-state index contributed by atoms with van der Waals surface area (Å²) in [5.74, 6) is -0.731. The fourth-order valence-corrected chi connectivity index (χ4v) is 3.54. The van der Waals surface area contributed by atoms with Crippen molar-refractivity contribution in [3.63, 3.8) is 0 Å². The zero-order valence-corrected chi connectivity index (χ0v) is 16.2. The van der Waals surface area contributed by atoms with E-state index in [1.54, 1.807) is 36.9 Å². The quantitative estimate of drug-likeness (QED) is 0.746. The molecule has 0 bridgehead atoms. The number of rotatable bonds is 4. The summed E-state index contributed by atoms with van der Waals surface area (Å²) in [5.41, 5.74) is 2.88. The Bertz CT molecular complexity index is 1170. The first-order valence-corrected chi connectivity index (χ1v) is 9.14. The molecule has 3 aromatic rings. The first kappa shape index (κ1) is 18.5. The van der Waals surface area contributed by atoms with Crippen LogP contribution in [0.1, 0.15) is 21.6 Å². The normalized spacial score (nSPS) is 13.0. The molecule has 0 aliphatic carbocycles. The van der Waals surface area contributed by atoms with E-state index in [1.807, 2.05) is 36.4 Å². The highest BCUT2D eigenvalue weighted by atomic mass is 16.2. The average molecular weight is 388 g/mol. The Morgan fingerprint density at radius 1 is 1.00 bits per heavy atom. The largest absolute Gasteiger partial charge is 0.318 e. The molecule has 146 valence electrons. The minimum Gasteiger partial charge on any atom is -0.318 e. The van der Waals surface area contributed by atoms with Gasteiger partial charge in [-0.1, -0.05) is 43.0 Å². The van der Waals surface area contributed by atoms with Gasteiger partial charge in [-0.05, 0) is 25.1 Å². The zero-order chi connectivity index (χ0) is 20.7.